The zero-order valence-corrected chi connectivity index (χ0v) is 16.5. The highest BCUT2D eigenvalue weighted by atomic mass is 16.1. The van der Waals surface area contributed by atoms with Crippen LogP contribution < -0.4 is 5.73 Å². The predicted molar refractivity (Wildman–Crippen MR) is 107 cm³/mol. The second-order valence-electron chi connectivity index (χ2n) is 7.05. The van der Waals surface area contributed by atoms with Gasteiger partial charge in [0.25, 0.3) is 0 Å². The highest BCUT2D eigenvalue weighted by Gasteiger charge is 1.95. The van der Waals surface area contributed by atoms with Crippen LogP contribution in [-0.2, 0) is 4.79 Å². The van der Waals surface area contributed by atoms with Gasteiger partial charge >= 0.3 is 0 Å². The second-order valence-corrected chi connectivity index (χ2v) is 7.05. The third kappa shape index (κ3) is 15.3. The Morgan fingerprint density at radius 1 is 0.625 bits per heavy atom. The summed E-state index contributed by atoms with van der Waals surface area (Å²) in [6.07, 6.45) is 17.1. The molecular formula is C22H37NO. The van der Waals surface area contributed by atoms with Gasteiger partial charge in [-0.3, -0.25) is 4.79 Å². The Balaban J connectivity index is 3.98. The topological polar surface area (TPSA) is 43.1 Å². The van der Waals surface area contributed by atoms with Crippen LogP contribution in [0.25, 0.3) is 0 Å². The van der Waals surface area contributed by atoms with E-state index in [1.54, 1.807) is 0 Å². The van der Waals surface area contributed by atoms with Crippen LogP contribution in [0.4, 0.5) is 0 Å². The summed E-state index contributed by atoms with van der Waals surface area (Å²) in [4.78, 5) is 10.7. The molecular weight excluding hydrogens is 294 g/mol. The monoisotopic (exact) mass is 331 g/mol. The highest BCUT2D eigenvalue weighted by Crippen LogP contribution is 2.13. The molecule has 0 saturated carbocycles. The van der Waals surface area contributed by atoms with Crippen LogP contribution >= 0.6 is 0 Å². The van der Waals surface area contributed by atoms with E-state index >= 15 is 0 Å². The van der Waals surface area contributed by atoms with Crippen molar-refractivity contribution in [2.45, 2.75) is 86.0 Å². The summed E-state index contributed by atoms with van der Waals surface area (Å²) in [6.45, 7) is 10.9. The fourth-order valence-electron chi connectivity index (χ4n) is 2.45. The molecule has 0 radical (unpaired) electrons. The first kappa shape index (κ1) is 22.4. The molecule has 0 fully saturated rings. The molecule has 0 aromatic heterocycles. The van der Waals surface area contributed by atoms with Gasteiger partial charge in [-0.15, -0.1) is 0 Å². The number of rotatable bonds is 12. The molecule has 2 nitrogen and oxygen atoms in total. The number of allylic oxidation sites excluding steroid dienone is 8. The Labute approximate surface area is 149 Å². The maximum atomic E-state index is 10.7. The Bertz CT molecular complexity index is 488. The third-order valence-corrected chi connectivity index (χ3v) is 4.04. The van der Waals surface area contributed by atoms with Gasteiger partial charge in [0.15, 0.2) is 0 Å². The minimum atomic E-state index is -0.223. The normalized spacial score (nSPS) is 13.1. The zero-order chi connectivity index (χ0) is 18.4. The molecule has 0 unspecified atom stereocenters. The van der Waals surface area contributed by atoms with E-state index in [2.05, 4.69) is 58.9 Å². The number of hydrogen-bond donors (Lipinski definition) is 1. The SMILES string of the molecule is CC(C)=CCC/C(C)=C/CCC(C)=CCC/C(C)=C/CCC(N)=O. The number of carbonyl (C=O) groups is 1. The standard InChI is InChI=1S/C22H37NO/c1-18(2)10-6-11-19(3)12-7-13-20(4)14-8-15-21(5)16-9-17-22(23)24/h10,12,14,16H,6-9,11,13,15,17H2,1-5H3,(H2,23,24)/b19-12+,20-14?,21-16+. The maximum absolute atomic E-state index is 10.7. The van der Waals surface area contributed by atoms with Crippen LogP contribution in [0, 0.1) is 0 Å². The highest BCUT2D eigenvalue weighted by molar-refractivity contribution is 5.73. The number of hydrogen-bond acceptors (Lipinski definition) is 1. The minimum absolute atomic E-state index is 0.223. The van der Waals surface area contributed by atoms with Gasteiger partial charge < -0.3 is 5.73 Å². The molecule has 0 aromatic rings. The first-order valence-electron chi connectivity index (χ1n) is 9.19. The number of nitrogens with two attached hydrogens (primary N) is 1. The molecule has 0 atom stereocenters. The lowest BCUT2D eigenvalue weighted by Gasteiger charge is -2.02. The summed E-state index contributed by atoms with van der Waals surface area (Å²) in [5.74, 6) is -0.223. The van der Waals surface area contributed by atoms with Crippen molar-refractivity contribution in [3.05, 3.63) is 46.6 Å². The molecule has 2 heteroatoms. The van der Waals surface area contributed by atoms with Crippen molar-refractivity contribution in [3.63, 3.8) is 0 Å². The van der Waals surface area contributed by atoms with Crippen molar-refractivity contribution < 1.29 is 4.79 Å². The summed E-state index contributed by atoms with van der Waals surface area (Å²) >= 11 is 0. The number of amides is 1. The fourth-order valence-corrected chi connectivity index (χ4v) is 2.45. The van der Waals surface area contributed by atoms with Crippen molar-refractivity contribution in [2.75, 3.05) is 0 Å². The molecule has 24 heavy (non-hydrogen) atoms. The van der Waals surface area contributed by atoms with Crippen molar-refractivity contribution in [1.29, 1.82) is 0 Å². The summed E-state index contributed by atoms with van der Waals surface area (Å²) in [7, 11) is 0. The molecule has 0 aliphatic heterocycles. The minimum Gasteiger partial charge on any atom is -0.370 e. The molecule has 0 bridgehead atoms. The summed E-state index contributed by atoms with van der Waals surface area (Å²) in [5.41, 5.74) is 10.8. The van der Waals surface area contributed by atoms with E-state index in [0.29, 0.717) is 6.42 Å². The largest absolute Gasteiger partial charge is 0.370 e. The van der Waals surface area contributed by atoms with Gasteiger partial charge in [-0.25, -0.2) is 0 Å². The van der Waals surface area contributed by atoms with Gasteiger partial charge in [0.2, 0.25) is 5.91 Å². The van der Waals surface area contributed by atoms with Gasteiger partial charge in [-0.2, -0.15) is 0 Å². The molecule has 0 aliphatic carbocycles. The predicted octanol–water partition coefficient (Wildman–Crippen LogP) is 6.40. The van der Waals surface area contributed by atoms with Crippen molar-refractivity contribution in [3.8, 4) is 0 Å². The molecule has 136 valence electrons. The van der Waals surface area contributed by atoms with Crippen molar-refractivity contribution >= 4 is 5.91 Å². The molecule has 2 N–H and O–H groups in total. The summed E-state index contributed by atoms with van der Waals surface area (Å²) in [6, 6.07) is 0. The van der Waals surface area contributed by atoms with E-state index < -0.39 is 0 Å². The molecule has 0 aromatic carbocycles. The molecule has 1 amide bonds. The summed E-state index contributed by atoms with van der Waals surface area (Å²) in [5, 5.41) is 0. The lowest BCUT2D eigenvalue weighted by molar-refractivity contribution is -0.117. The van der Waals surface area contributed by atoms with Crippen LogP contribution in [0.2, 0.25) is 0 Å². The van der Waals surface area contributed by atoms with Crippen LogP contribution in [0.5, 0.6) is 0 Å². The Morgan fingerprint density at radius 2 is 0.958 bits per heavy atom. The molecule has 0 saturated heterocycles. The van der Waals surface area contributed by atoms with Crippen molar-refractivity contribution in [2.24, 2.45) is 5.73 Å². The maximum Gasteiger partial charge on any atom is 0.217 e. The lowest BCUT2D eigenvalue weighted by Crippen LogP contribution is -2.08. The van der Waals surface area contributed by atoms with E-state index in [4.69, 9.17) is 5.73 Å². The quantitative estimate of drug-likeness (QED) is 0.413. The van der Waals surface area contributed by atoms with Crippen LogP contribution in [0.1, 0.15) is 86.0 Å². The number of carbonyl (C=O) groups excluding carboxylic acids is 1. The van der Waals surface area contributed by atoms with E-state index in [9.17, 15) is 4.79 Å². The Hall–Kier alpha value is -1.57. The molecule has 0 heterocycles. The summed E-state index contributed by atoms with van der Waals surface area (Å²) < 4.78 is 0. The Morgan fingerprint density at radius 3 is 1.29 bits per heavy atom. The Kier molecular flexibility index (Phi) is 12.9. The second kappa shape index (κ2) is 13.8. The van der Waals surface area contributed by atoms with Gasteiger partial charge in [-0.1, -0.05) is 46.6 Å². The van der Waals surface area contributed by atoms with E-state index in [1.807, 2.05) is 0 Å². The smallest absolute Gasteiger partial charge is 0.217 e. The van der Waals surface area contributed by atoms with Crippen LogP contribution in [0.15, 0.2) is 46.6 Å². The van der Waals surface area contributed by atoms with E-state index in [0.717, 1.165) is 38.5 Å². The third-order valence-electron chi connectivity index (χ3n) is 4.04. The van der Waals surface area contributed by atoms with Gasteiger partial charge in [0, 0.05) is 6.42 Å². The van der Waals surface area contributed by atoms with Gasteiger partial charge in [-0.05, 0) is 79.6 Å². The zero-order valence-electron chi connectivity index (χ0n) is 16.5. The average Bonchev–Trinajstić information content (AvgIpc) is 2.46. The van der Waals surface area contributed by atoms with Crippen LogP contribution in [0.3, 0.4) is 0 Å². The lowest BCUT2D eigenvalue weighted by atomic mass is 10.0. The average molecular weight is 332 g/mol. The van der Waals surface area contributed by atoms with E-state index in [-0.39, 0.29) is 5.91 Å². The molecule has 0 aliphatic rings. The first-order chi connectivity index (χ1) is 11.3. The van der Waals surface area contributed by atoms with Crippen LogP contribution in [-0.4, -0.2) is 5.91 Å². The molecule has 0 spiro atoms. The first-order valence-corrected chi connectivity index (χ1v) is 9.19. The van der Waals surface area contributed by atoms with E-state index in [1.165, 1.54) is 28.7 Å². The fraction of sp³-hybridized carbons (Fsp3) is 0.591. The molecule has 0 rings (SSSR count). The number of primary amides is 1. The van der Waals surface area contributed by atoms with Gasteiger partial charge in [0.1, 0.15) is 0 Å². The van der Waals surface area contributed by atoms with Gasteiger partial charge in [0.05, 0.1) is 0 Å². The van der Waals surface area contributed by atoms with Crippen molar-refractivity contribution in [1.82, 2.24) is 0 Å².